The minimum absolute atomic E-state index is 0. The average molecular weight is 474 g/mol. The van der Waals surface area contributed by atoms with Gasteiger partial charge in [-0.3, -0.25) is 4.99 Å². The molecule has 0 aliphatic rings. The van der Waals surface area contributed by atoms with E-state index in [0.29, 0.717) is 0 Å². The molecule has 1 N–H and O–H groups in total. The predicted octanol–water partition coefficient (Wildman–Crippen LogP) is 3.72. The Balaban J connectivity index is 0.00000312. The zero-order chi connectivity index (χ0) is 17.4. The Hall–Kier alpha value is -1.35. The highest BCUT2D eigenvalue weighted by Gasteiger charge is 2.09. The molecule has 0 amide bonds. The summed E-state index contributed by atoms with van der Waals surface area (Å²) in [5.41, 5.74) is 1.14. The van der Waals surface area contributed by atoms with Crippen molar-refractivity contribution in [3.8, 4) is 5.75 Å². The van der Waals surface area contributed by atoms with E-state index >= 15 is 0 Å². The van der Waals surface area contributed by atoms with Crippen LogP contribution >= 0.6 is 35.3 Å². The molecule has 0 atom stereocenters. The first kappa shape index (κ1) is 21.7. The Labute approximate surface area is 171 Å². The van der Waals surface area contributed by atoms with E-state index in [1.54, 1.807) is 18.4 Å². The molecule has 25 heavy (non-hydrogen) atoms. The predicted molar refractivity (Wildman–Crippen MR) is 116 cm³/mol. The summed E-state index contributed by atoms with van der Waals surface area (Å²) < 4.78 is 5.43. The number of methoxy groups -OCH3 is 1. The van der Waals surface area contributed by atoms with Crippen LogP contribution < -0.4 is 10.1 Å². The Bertz CT molecular complexity index is 675. The number of halogens is 1. The normalized spacial score (nSPS) is 11.0. The van der Waals surface area contributed by atoms with Crippen molar-refractivity contribution in [3.63, 3.8) is 0 Å². The standard InChI is InChI=1S/C18H26N4OS.HI/c1-5-19-18(20-11-10-17-21-12-14(2)24-17)22(3)13-15-8-6-7-9-16(15)23-4;/h6-9,12H,5,10-11,13H2,1-4H3,(H,19,20);1H. The second-order valence-corrected chi connectivity index (χ2v) is 6.84. The second kappa shape index (κ2) is 11.3. The van der Waals surface area contributed by atoms with Crippen molar-refractivity contribution in [3.05, 3.63) is 45.9 Å². The Kier molecular flexibility index (Phi) is 9.81. The van der Waals surface area contributed by atoms with E-state index in [1.807, 2.05) is 31.4 Å². The van der Waals surface area contributed by atoms with Gasteiger partial charge >= 0.3 is 0 Å². The summed E-state index contributed by atoms with van der Waals surface area (Å²) in [4.78, 5) is 12.5. The quantitative estimate of drug-likeness (QED) is 0.378. The molecule has 2 rings (SSSR count). The van der Waals surface area contributed by atoms with E-state index in [-0.39, 0.29) is 24.0 Å². The number of rotatable bonds is 7. The Morgan fingerprint density at radius 2 is 2.12 bits per heavy atom. The van der Waals surface area contributed by atoms with Gasteiger partial charge < -0.3 is 15.0 Å². The third-order valence-electron chi connectivity index (χ3n) is 3.55. The molecule has 0 radical (unpaired) electrons. The van der Waals surface area contributed by atoms with Crippen LogP contribution in [0.3, 0.4) is 0 Å². The molecular formula is C18H27IN4OS. The van der Waals surface area contributed by atoms with E-state index in [2.05, 4.69) is 35.1 Å². The summed E-state index contributed by atoms with van der Waals surface area (Å²) in [6.45, 7) is 6.47. The molecule has 0 aliphatic heterocycles. The molecule has 0 fully saturated rings. The number of ether oxygens (including phenoxy) is 1. The molecule has 0 unspecified atom stereocenters. The molecule has 0 aliphatic carbocycles. The summed E-state index contributed by atoms with van der Waals surface area (Å²) in [5, 5.41) is 4.49. The van der Waals surface area contributed by atoms with E-state index in [1.165, 1.54) is 4.88 Å². The summed E-state index contributed by atoms with van der Waals surface area (Å²) in [6.07, 6.45) is 2.79. The zero-order valence-corrected chi connectivity index (χ0v) is 18.4. The SMILES string of the molecule is CCNC(=NCCc1ncc(C)s1)N(C)Cc1ccccc1OC.I. The minimum atomic E-state index is 0. The van der Waals surface area contributed by atoms with Crippen molar-refractivity contribution in [1.29, 1.82) is 0 Å². The fourth-order valence-corrected chi connectivity index (χ4v) is 3.18. The third-order valence-corrected chi connectivity index (χ3v) is 4.53. The molecule has 7 heteroatoms. The molecule has 138 valence electrons. The van der Waals surface area contributed by atoms with Gasteiger partial charge in [-0.1, -0.05) is 18.2 Å². The lowest BCUT2D eigenvalue weighted by molar-refractivity contribution is 0.396. The molecular weight excluding hydrogens is 447 g/mol. The number of aryl methyl sites for hydroxylation is 1. The number of benzene rings is 1. The van der Waals surface area contributed by atoms with Crippen molar-refractivity contribution >= 4 is 41.3 Å². The van der Waals surface area contributed by atoms with Crippen molar-refractivity contribution in [2.75, 3.05) is 27.2 Å². The maximum atomic E-state index is 5.43. The minimum Gasteiger partial charge on any atom is -0.496 e. The van der Waals surface area contributed by atoms with Gasteiger partial charge in [-0.05, 0) is 19.9 Å². The molecule has 1 aromatic heterocycles. The highest BCUT2D eigenvalue weighted by molar-refractivity contribution is 14.0. The molecule has 0 spiro atoms. The van der Waals surface area contributed by atoms with Gasteiger partial charge in [-0.25, -0.2) is 4.98 Å². The smallest absolute Gasteiger partial charge is 0.193 e. The highest BCUT2D eigenvalue weighted by Crippen LogP contribution is 2.18. The van der Waals surface area contributed by atoms with Crippen LogP contribution in [0.5, 0.6) is 5.75 Å². The monoisotopic (exact) mass is 474 g/mol. The molecule has 0 bridgehead atoms. The summed E-state index contributed by atoms with van der Waals surface area (Å²) >= 11 is 1.74. The van der Waals surface area contributed by atoms with Crippen LogP contribution in [0.4, 0.5) is 0 Å². The third kappa shape index (κ3) is 6.81. The van der Waals surface area contributed by atoms with Crippen LogP contribution in [-0.2, 0) is 13.0 Å². The lowest BCUT2D eigenvalue weighted by Crippen LogP contribution is -2.38. The number of para-hydroxylation sites is 1. The van der Waals surface area contributed by atoms with Gasteiger partial charge in [0, 0.05) is 49.7 Å². The average Bonchev–Trinajstić information content (AvgIpc) is 3.00. The molecule has 0 saturated heterocycles. The first-order chi connectivity index (χ1) is 11.6. The maximum Gasteiger partial charge on any atom is 0.193 e. The molecule has 5 nitrogen and oxygen atoms in total. The van der Waals surface area contributed by atoms with Gasteiger partial charge in [-0.15, -0.1) is 35.3 Å². The van der Waals surface area contributed by atoms with Crippen LogP contribution in [-0.4, -0.2) is 43.1 Å². The lowest BCUT2D eigenvalue weighted by atomic mass is 10.2. The second-order valence-electron chi connectivity index (χ2n) is 5.52. The van der Waals surface area contributed by atoms with Gasteiger partial charge in [0.2, 0.25) is 0 Å². The summed E-state index contributed by atoms with van der Waals surface area (Å²) in [6, 6.07) is 8.08. The van der Waals surface area contributed by atoms with Crippen LogP contribution in [0.25, 0.3) is 0 Å². The Morgan fingerprint density at radius 3 is 2.76 bits per heavy atom. The van der Waals surface area contributed by atoms with E-state index in [0.717, 1.165) is 48.3 Å². The van der Waals surface area contributed by atoms with Crippen LogP contribution in [0.15, 0.2) is 35.5 Å². The van der Waals surface area contributed by atoms with Gasteiger partial charge in [0.05, 0.1) is 12.1 Å². The Morgan fingerprint density at radius 1 is 1.36 bits per heavy atom. The van der Waals surface area contributed by atoms with Crippen LogP contribution in [0.1, 0.15) is 22.4 Å². The van der Waals surface area contributed by atoms with Crippen LogP contribution in [0, 0.1) is 6.92 Å². The maximum absolute atomic E-state index is 5.43. The number of guanidine groups is 1. The molecule has 1 heterocycles. The number of hydrogen-bond acceptors (Lipinski definition) is 4. The first-order valence-corrected chi connectivity index (χ1v) is 8.98. The zero-order valence-electron chi connectivity index (χ0n) is 15.3. The largest absolute Gasteiger partial charge is 0.496 e. The van der Waals surface area contributed by atoms with E-state index < -0.39 is 0 Å². The number of nitrogens with one attached hydrogen (secondary N) is 1. The van der Waals surface area contributed by atoms with E-state index in [9.17, 15) is 0 Å². The summed E-state index contributed by atoms with van der Waals surface area (Å²) in [7, 11) is 3.75. The van der Waals surface area contributed by atoms with Crippen molar-refractivity contribution in [2.24, 2.45) is 4.99 Å². The number of thiazole rings is 1. The fraction of sp³-hybridized carbons (Fsp3) is 0.444. The number of aromatic nitrogens is 1. The van der Waals surface area contributed by atoms with E-state index in [4.69, 9.17) is 9.73 Å². The summed E-state index contributed by atoms with van der Waals surface area (Å²) in [5.74, 6) is 1.80. The lowest BCUT2D eigenvalue weighted by Gasteiger charge is -2.23. The fourth-order valence-electron chi connectivity index (χ4n) is 2.41. The number of nitrogens with zero attached hydrogens (tertiary/aromatic N) is 3. The molecule has 2 aromatic rings. The van der Waals surface area contributed by atoms with Gasteiger partial charge in [0.15, 0.2) is 5.96 Å². The molecule has 1 aromatic carbocycles. The molecule has 0 saturated carbocycles. The van der Waals surface area contributed by atoms with Gasteiger partial charge in [-0.2, -0.15) is 0 Å². The number of aliphatic imine (C=N–C) groups is 1. The van der Waals surface area contributed by atoms with Crippen molar-refractivity contribution < 1.29 is 4.74 Å². The highest BCUT2D eigenvalue weighted by atomic mass is 127. The van der Waals surface area contributed by atoms with Crippen molar-refractivity contribution in [2.45, 2.75) is 26.8 Å². The topological polar surface area (TPSA) is 49.8 Å². The number of hydrogen-bond donors (Lipinski definition) is 1. The van der Waals surface area contributed by atoms with Gasteiger partial charge in [0.1, 0.15) is 5.75 Å². The first-order valence-electron chi connectivity index (χ1n) is 8.16. The van der Waals surface area contributed by atoms with Crippen LogP contribution in [0.2, 0.25) is 0 Å². The van der Waals surface area contributed by atoms with Crippen molar-refractivity contribution in [1.82, 2.24) is 15.2 Å². The van der Waals surface area contributed by atoms with Gasteiger partial charge in [0.25, 0.3) is 0 Å².